The van der Waals surface area contributed by atoms with Gasteiger partial charge in [0, 0.05) is 67.6 Å². The van der Waals surface area contributed by atoms with Crippen LogP contribution in [-0.4, -0.2) is 34.1 Å². The second kappa shape index (κ2) is 26.4. The highest BCUT2D eigenvalue weighted by molar-refractivity contribution is 6.14. The molecule has 18 rings (SSSR count). The molecule has 8 heteroatoms. The Morgan fingerprint density at radius 3 is 1.12 bits per heavy atom. The molecule has 18 aromatic rings. The molecule has 0 N–H and O–H groups in total. The lowest BCUT2D eigenvalue weighted by atomic mass is 9.97. The van der Waals surface area contributed by atoms with Crippen LogP contribution < -0.4 is 4.90 Å². The SMILES string of the molecule is c1ccc(-c2cc(-c3ccccc3)nc(-n3c4ncccc4c4cccc(N(c5ccccc5)c5ccccc5)c43)n2)cc1.c1ccc(-c2cccc(-c3cc(-c4cccc(-c5ccccc5)c4)nc(-n4c5ncccc5c5cccc(-c6cccc(-c7ccccc7)c6)c54)c3)c2)cc1. The summed E-state index contributed by atoms with van der Waals surface area (Å²) in [5, 5.41) is 4.35. The number of hydrogen-bond donors (Lipinski definition) is 0. The number of benzene rings is 12. The van der Waals surface area contributed by atoms with Gasteiger partial charge < -0.3 is 4.90 Å². The number of nitrogens with zero attached hydrogens (tertiary/aromatic N) is 8. The molecule has 0 saturated carbocycles. The second-order valence-electron chi connectivity index (χ2n) is 24.4. The summed E-state index contributed by atoms with van der Waals surface area (Å²) in [5.74, 6) is 1.38. The first-order chi connectivity index (χ1) is 49.1. The van der Waals surface area contributed by atoms with E-state index in [0.717, 1.165) is 128 Å². The first-order valence-corrected chi connectivity index (χ1v) is 33.3. The average molecular weight is 1270 g/mol. The van der Waals surface area contributed by atoms with Gasteiger partial charge in [0.2, 0.25) is 5.95 Å². The van der Waals surface area contributed by atoms with Crippen molar-refractivity contribution in [2.24, 2.45) is 0 Å². The second-order valence-corrected chi connectivity index (χ2v) is 24.4. The monoisotopic (exact) mass is 1270 g/mol. The van der Waals surface area contributed by atoms with Crippen LogP contribution in [0.1, 0.15) is 0 Å². The van der Waals surface area contributed by atoms with Crippen molar-refractivity contribution >= 4 is 60.9 Å². The van der Waals surface area contributed by atoms with Crippen molar-refractivity contribution in [3.8, 4) is 101 Å². The highest BCUT2D eigenvalue weighted by Gasteiger charge is 2.25. The number of hydrogen-bond acceptors (Lipinski definition) is 6. The Hall–Kier alpha value is -13.4. The molecule has 466 valence electrons. The number of para-hydroxylation sites is 4. The summed E-state index contributed by atoms with van der Waals surface area (Å²) in [6, 6.07) is 127. The molecule has 0 aliphatic carbocycles. The number of anilines is 3. The predicted octanol–water partition coefficient (Wildman–Crippen LogP) is 23.3. The molecule has 6 heterocycles. The minimum absolute atomic E-state index is 0.567. The number of pyridine rings is 3. The fraction of sp³-hybridized carbons (Fsp3) is 0. The van der Waals surface area contributed by atoms with Crippen molar-refractivity contribution in [3.05, 3.63) is 376 Å². The summed E-state index contributed by atoms with van der Waals surface area (Å²) in [4.78, 5) is 28.2. The Bertz CT molecular complexity index is 5700. The first-order valence-electron chi connectivity index (χ1n) is 33.3. The lowest BCUT2D eigenvalue weighted by Gasteiger charge is -2.26. The van der Waals surface area contributed by atoms with E-state index in [2.05, 4.69) is 317 Å². The molecular weight excluding hydrogens is 1210 g/mol. The molecule has 12 aromatic carbocycles. The maximum absolute atomic E-state index is 5.51. The summed E-state index contributed by atoms with van der Waals surface area (Å²) in [6.07, 6.45) is 3.72. The minimum Gasteiger partial charge on any atom is -0.308 e. The van der Waals surface area contributed by atoms with E-state index < -0.39 is 0 Å². The molecule has 0 aliphatic heterocycles. The minimum atomic E-state index is 0.567. The number of aromatic nitrogens is 7. The molecule has 0 fully saturated rings. The van der Waals surface area contributed by atoms with Crippen LogP contribution in [0.15, 0.2) is 376 Å². The summed E-state index contributed by atoms with van der Waals surface area (Å²) in [5.41, 5.74) is 24.0. The van der Waals surface area contributed by atoms with E-state index in [-0.39, 0.29) is 0 Å². The Kier molecular flexibility index (Phi) is 15.8. The van der Waals surface area contributed by atoms with Crippen LogP contribution in [0.2, 0.25) is 0 Å². The molecule has 0 atom stereocenters. The topological polar surface area (TPSA) is 77.5 Å². The molecule has 6 aromatic heterocycles. The average Bonchev–Trinajstić information content (AvgIpc) is 1.59. The highest BCUT2D eigenvalue weighted by atomic mass is 15.2. The molecular formula is C91H62N8. The fourth-order valence-corrected chi connectivity index (χ4v) is 13.7. The van der Waals surface area contributed by atoms with Gasteiger partial charge in [0.15, 0.2) is 0 Å². The van der Waals surface area contributed by atoms with Crippen LogP contribution in [0.3, 0.4) is 0 Å². The first kappa shape index (κ1) is 59.3. The Balaban J connectivity index is 0.000000152. The van der Waals surface area contributed by atoms with E-state index in [1.165, 1.54) is 27.8 Å². The van der Waals surface area contributed by atoms with Gasteiger partial charge in [-0.05, 0) is 141 Å². The zero-order chi connectivity index (χ0) is 65.9. The summed E-state index contributed by atoms with van der Waals surface area (Å²) in [6.45, 7) is 0. The fourth-order valence-electron chi connectivity index (χ4n) is 13.7. The van der Waals surface area contributed by atoms with Crippen LogP contribution >= 0.6 is 0 Å². The third-order valence-electron chi connectivity index (χ3n) is 18.3. The summed E-state index contributed by atoms with van der Waals surface area (Å²) in [7, 11) is 0. The molecule has 0 amide bonds. The van der Waals surface area contributed by atoms with Crippen LogP contribution in [0.25, 0.3) is 145 Å². The quantitative estimate of drug-likeness (QED) is 0.114. The van der Waals surface area contributed by atoms with Crippen LogP contribution in [0.5, 0.6) is 0 Å². The van der Waals surface area contributed by atoms with Gasteiger partial charge in [-0.15, -0.1) is 0 Å². The zero-order valence-corrected chi connectivity index (χ0v) is 53.9. The standard InChI is InChI=1S/C52H35N3.C39H27N5/c1-4-15-36(16-5-1)39-21-10-24-42(31-39)45-34-49(44-26-12-23-41(33-44)38-19-8-3-9-20-38)54-50(35-45)55-51-46(27-13-28-47(51)48-29-14-30-53-52(48)55)43-25-11-22-40(32-43)37-17-6-2-7-18-37;1-5-15-28(16-6-1)34-27-35(29-17-7-2-8-18-29)42-39(41-34)44-37-32(33-24-14-26-40-38(33)44)23-13-25-36(37)43(30-19-9-3-10-20-30)31-21-11-4-12-22-31/h1-35H;1-27H. The van der Waals surface area contributed by atoms with Crippen molar-refractivity contribution in [2.75, 3.05) is 4.90 Å². The molecule has 0 saturated heterocycles. The highest BCUT2D eigenvalue weighted by Crippen LogP contribution is 2.44. The van der Waals surface area contributed by atoms with Gasteiger partial charge in [-0.3, -0.25) is 9.13 Å². The van der Waals surface area contributed by atoms with Gasteiger partial charge >= 0.3 is 0 Å². The molecule has 0 unspecified atom stereocenters. The van der Waals surface area contributed by atoms with E-state index in [1.807, 2.05) is 73.1 Å². The van der Waals surface area contributed by atoms with E-state index in [0.29, 0.717) is 5.95 Å². The lowest BCUT2D eigenvalue weighted by molar-refractivity contribution is 0.980. The Morgan fingerprint density at radius 1 is 0.232 bits per heavy atom. The maximum atomic E-state index is 5.51. The molecule has 0 bridgehead atoms. The zero-order valence-electron chi connectivity index (χ0n) is 53.9. The van der Waals surface area contributed by atoms with Crippen molar-refractivity contribution in [2.45, 2.75) is 0 Å². The number of fused-ring (bicyclic) bond motifs is 6. The van der Waals surface area contributed by atoms with Crippen molar-refractivity contribution < 1.29 is 0 Å². The molecule has 99 heavy (non-hydrogen) atoms. The van der Waals surface area contributed by atoms with Gasteiger partial charge in [0.1, 0.15) is 17.1 Å². The lowest BCUT2D eigenvalue weighted by Crippen LogP contribution is -2.12. The van der Waals surface area contributed by atoms with E-state index in [9.17, 15) is 0 Å². The third kappa shape index (κ3) is 11.6. The predicted molar refractivity (Wildman–Crippen MR) is 409 cm³/mol. The van der Waals surface area contributed by atoms with E-state index in [1.54, 1.807) is 0 Å². The largest absolute Gasteiger partial charge is 0.308 e. The van der Waals surface area contributed by atoms with E-state index in [4.69, 9.17) is 24.9 Å². The molecule has 0 spiro atoms. The maximum Gasteiger partial charge on any atom is 0.237 e. The van der Waals surface area contributed by atoms with Gasteiger partial charge in [-0.25, -0.2) is 24.9 Å². The van der Waals surface area contributed by atoms with Gasteiger partial charge in [0.25, 0.3) is 0 Å². The molecule has 0 radical (unpaired) electrons. The summed E-state index contributed by atoms with van der Waals surface area (Å²) >= 11 is 0. The van der Waals surface area contributed by atoms with Crippen molar-refractivity contribution in [3.63, 3.8) is 0 Å². The van der Waals surface area contributed by atoms with Gasteiger partial charge in [-0.2, -0.15) is 0 Å². The third-order valence-corrected chi connectivity index (χ3v) is 18.3. The molecule has 8 nitrogen and oxygen atoms in total. The normalized spacial score (nSPS) is 11.2. The molecule has 0 aliphatic rings. The van der Waals surface area contributed by atoms with Gasteiger partial charge in [-0.1, -0.05) is 273 Å². The van der Waals surface area contributed by atoms with Gasteiger partial charge in [0.05, 0.1) is 33.8 Å². The Morgan fingerprint density at radius 2 is 0.606 bits per heavy atom. The Labute approximate surface area is 574 Å². The van der Waals surface area contributed by atoms with E-state index >= 15 is 0 Å². The van der Waals surface area contributed by atoms with Crippen LogP contribution in [0.4, 0.5) is 17.1 Å². The van der Waals surface area contributed by atoms with Crippen LogP contribution in [0, 0.1) is 0 Å². The van der Waals surface area contributed by atoms with Crippen molar-refractivity contribution in [1.29, 1.82) is 0 Å². The van der Waals surface area contributed by atoms with Crippen LogP contribution in [-0.2, 0) is 0 Å². The summed E-state index contributed by atoms with van der Waals surface area (Å²) < 4.78 is 4.39. The smallest absolute Gasteiger partial charge is 0.237 e. The number of rotatable bonds is 13. The van der Waals surface area contributed by atoms with Crippen molar-refractivity contribution in [1.82, 2.24) is 34.1 Å².